The minimum Gasteiger partial charge on any atom is -0.307 e. The van der Waals surface area contributed by atoms with Crippen molar-refractivity contribution < 1.29 is 0 Å². The number of nitrogens with zero attached hydrogens (tertiary/aromatic N) is 1. The minimum atomic E-state index is 0.486. The van der Waals surface area contributed by atoms with E-state index >= 15 is 0 Å². The third kappa shape index (κ3) is 6.06. The first-order valence-corrected chi connectivity index (χ1v) is 8.24. The molecular weight excluding hydrogens is 244 g/mol. The highest BCUT2D eigenvalue weighted by molar-refractivity contribution is 5.18. The molecule has 0 heterocycles. The van der Waals surface area contributed by atoms with Crippen LogP contribution in [0.4, 0.5) is 0 Å². The van der Waals surface area contributed by atoms with Crippen LogP contribution in [-0.2, 0) is 0 Å². The average molecular weight is 276 g/mol. The summed E-state index contributed by atoms with van der Waals surface area (Å²) in [7, 11) is 0. The van der Waals surface area contributed by atoms with Crippen molar-refractivity contribution in [2.75, 3.05) is 19.6 Å². The second kappa shape index (κ2) is 9.95. The van der Waals surface area contributed by atoms with Crippen molar-refractivity contribution in [3.05, 3.63) is 35.9 Å². The lowest BCUT2D eigenvalue weighted by Gasteiger charge is -2.24. The molecule has 0 aromatic heterocycles. The zero-order valence-corrected chi connectivity index (χ0v) is 13.7. The zero-order chi connectivity index (χ0) is 14.8. The van der Waals surface area contributed by atoms with Crippen LogP contribution in [0.2, 0.25) is 0 Å². The van der Waals surface area contributed by atoms with Gasteiger partial charge in [0.2, 0.25) is 0 Å². The smallest absolute Gasteiger partial charge is 0.0319 e. The van der Waals surface area contributed by atoms with E-state index in [2.05, 4.69) is 68.2 Å². The van der Waals surface area contributed by atoms with Crippen LogP contribution in [0.3, 0.4) is 0 Å². The summed E-state index contributed by atoms with van der Waals surface area (Å²) >= 11 is 0. The molecule has 2 atom stereocenters. The molecule has 0 aliphatic rings. The van der Waals surface area contributed by atoms with E-state index in [1.54, 1.807) is 0 Å². The summed E-state index contributed by atoms with van der Waals surface area (Å²) < 4.78 is 0. The van der Waals surface area contributed by atoms with E-state index in [9.17, 15) is 0 Å². The Hall–Kier alpha value is -0.860. The van der Waals surface area contributed by atoms with E-state index in [0.717, 1.165) is 6.42 Å². The van der Waals surface area contributed by atoms with Gasteiger partial charge in [0.25, 0.3) is 0 Å². The monoisotopic (exact) mass is 276 g/mol. The molecular formula is C18H32N2. The lowest BCUT2D eigenvalue weighted by Crippen LogP contribution is -2.31. The van der Waals surface area contributed by atoms with E-state index in [1.807, 2.05) is 0 Å². The van der Waals surface area contributed by atoms with Crippen LogP contribution in [0.1, 0.15) is 58.6 Å². The molecule has 1 aromatic rings. The van der Waals surface area contributed by atoms with Crippen LogP contribution in [0, 0.1) is 0 Å². The van der Waals surface area contributed by atoms with Gasteiger partial charge in [-0.3, -0.25) is 0 Å². The van der Waals surface area contributed by atoms with Crippen molar-refractivity contribution in [3.8, 4) is 0 Å². The Morgan fingerprint density at radius 1 is 1.05 bits per heavy atom. The highest BCUT2D eigenvalue weighted by atomic mass is 15.1. The molecule has 0 spiro atoms. The molecule has 0 aliphatic heterocycles. The van der Waals surface area contributed by atoms with Gasteiger partial charge in [-0.1, -0.05) is 51.1 Å². The van der Waals surface area contributed by atoms with Gasteiger partial charge in [-0.05, 0) is 51.4 Å². The highest BCUT2D eigenvalue weighted by Gasteiger charge is 2.12. The summed E-state index contributed by atoms with van der Waals surface area (Å²) in [6, 6.07) is 11.9. The van der Waals surface area contributed by atoms with Gasteiger partial charge in [0.15, 0.2) is 0 Å². The summed E-state index contributed by atoms with van der Waals surface area (Å²) in [6.45, 7) is 12.6. The molecule has 0 radical (unpaired) electrons. The predicted molar refractivity (Wildman–Crippen MR) is 89.1 cm³/mol. The molecule has 0 saturated heterocycles. The van der Waals surface area contributed by atoms with E-state index in [1.165, 1.54) is 38.0 Å². The molecule has 2 nitrogen and oxygen atoms in total. The largest absolute Gasteiger partial charge is 0.307 e. The van der Waals surface area contributed by atoms with Gasteiger partial charge in [-0.25, -0.2) is 0 Å². The zero-order valence-electron chi connectivity index (χ0n) is 13.7. The second-order valence-corrected chi connectivity index (χ2v) is 5.61. The summed E-state index contributed by atoms with van der Waals surface area (Å²) in [5.41, 5.74) is 1.41. The number of nitrogens with one attached hydrogen (secondary N) is 1. The normalized spacial score (nSPS) is 14.4. The molecule has 0 bridgehead atoms. The van der Waals surface area contributed by atoms with Crippen molar-refractivity contribution in [3.63, 3.8) is 0 Å². The van der Waals surface area contributed by atoms with E-state index < -0.39 is 0 Å². The van der Waals surface area contributed by atoms with Crippen LogP contribution >= 0.6 is 0 Å². The van der Waals surface area contributed by atoms with E-state index in [4.69, 9.17) is 0 Å². The molecule has 1 aromatic carbocycles. The van der Waals surface area contributed by atoms with Crippen LogP contribution in [0.15, 0.2) is 30.3 Å². The molecule has 0 aliphatic carbocycles. The third-order valence-corrected chi connectivity index (χ3v) is 4.10. The average Bonchev–Trinajstić information content (AvgIpc) is 2.50. The Morgan fingerprint density at radius 2 is 1.70 bits per heavy atom. The van der Waals surface area contributed by atoms with Crippen molar-refractivity contribution in [1.29, 1.82) is 0 Å². The van der Waals surface area contributed by atoms with Crippen LogP contribution < -0.4 is 5.32 Å². The topological polar surface area (TPSA) is 15.3 Å². The quantitative estimate of drug-likeness (QED) is 0.687. The maximum Gasteiger partial charge on any atom is 0.0319 e. The summed E-state index contributed by atoms with van der Waals surface area (Å²) in [6.07, 6.45) is 3.67. The SMILES string of the molecule is CCC(NC(C)CCCN(CC)CC)c1ccccc1. The Morgan fingerprint density at radius 3 is 2.25 bits per heavy atom. The number of benzene rings is 1. The van der Waals surface area contributed by atoms with Gasteiger partial charge in [0.1, 0.15) is 0 Å². The maximum atomic E-state index is 3.77. The van der Waals surface area contributed by atoms with Gasteiger partial charge in [-0.15, -0.1) is 0 Å². The summed E-state index contributed by atoms with van der Waals surface area (Å²) in [5, 5.41) is 3.77. The third-order valence-electron chi connectivity index (χ3n) is 4.10. The van der Waals surface area contributed by atoms with E-state index in [-0.39, 0.29) is 0 Å². The summed E-state index contributed by atoms with van der Waals surface area (Å²) in [5.74, 6) is 0. The molecule has 0 fully saturated rings. The lowest BCUT2D eigenvalue weighted by molar-refractivity contribution is 0.287. The van der Waals surface area contributed by atoms with Crippen LogP contribution in [0.5, 0.6) is 0 Å². The van der Waals surface area contributed by atoms with Gasteiger partial charge in [0.05, 0.1) is 0 Å². The molecule has 0 amide bonds. The number of hydrogen-bond donors (Lipinski definition) is 1. The first kappa shape index (κ1) is 17.2. The first-order chi connectivity index (χ1) is 9.71. The van der Waals surface area contributed by atoms with Crippen molar-refractivity contribution in [2.45, 2.75) is 59.0 Å². The Kier molecular flexibility index (Phi) is 8.56. The van der Waals surface area contributed by atoms with Crippen molar-refractivity contribution >= 4 is 0 Å². The fraction of sp³-hybridized carbons (Fsp3) is 0.667. The fourth-order valence-corrected chi connectivity index (χ4v) is 2.72. The molecule has 1 rings (SSSR count). The van der Waals surface area contributed by atoms with Gasteiger partial charge < -0.3 is 10.2 Å². The molecule has 2 heteroatoms. The molecule has 0 saturated carbocycles. The Bertz CT molecular complexity index is 333. The van der Waals surface area contributed by atoms with Crippen molar-refractivity contribution in [1.82, 2.24) is 10.2 Å². The lowest BCUT2D eigenvalue weighted by atomic mass is 10.0. The van der Waals surface area contributed by atoms with Crippen molar-refractivity contribution in [2.24, 2.45) is 0 Å². The number of rotatable bonds is 10. The van der Waals surface area contributed by atoms with Gasteiger partial charge in [0, 0.05) is 12.1 Å². The standard InChI is InChI=1S/C18H32N2/c1-5-18(17-13-9-8-10-14-17)19-16(4)12-11-15-20(6-2)7-3/h8-10,13-14,16,18-19H,5-7,11-12,15H2,1-4H3. The van der Waals surface area contributed by atoms with Crippen LogP contribution in [-0.4, -0.2) is 30.6 Å². The maximum absolute atomic E-state index is 3.77. The minimum absolute atomic E-state index is 0.486. The first-order valence-electron chi connectivity index (χ1n) is 8.24. The summed E-state index contributed by atoms with van der Waals surface area (Å²) in [4.78, 5) is 2.50. The van der Waals surface area contributed by atoms with Crippen LogP contribution in [0.25, 0.3) is 0 Å². The molecule has 20 heavy (non-hydrogen) atoms. The number of hydrogen-bond acceptors (Lipinski definition) is 2. The Labute approximate surface area is 125 Å². The Balaban J connectivity index is 2.35. The molecule has 1 N–H and O–H groups in total. The fourth-order valence-electron chi connectivity index (χ4n) is 2.72. The van der Waals surface area contributed by atoms with Gasteiger partial charge in [-0.2, -0.15) is 0 Å². The molecule has 114 valence electrons. The predicted octanol–water partition coefficient (Wildman–Crippen LogP) is 4.24. The van der Waals surface area contributed by atoms with E-state index in [0.29, 0.717) is 12.1 Å². The van der Waals surface area contributed by atoms with Gasteiger partial charge >= 0.3 is 0 Å². The second-order valence-electron chi connectivity index (χ2n) is 5.61. The highest BCUT2D eigenvalue weighted by Crippen LogP contribution is 2.17. The molecule has 2 unspecified atom stereocenters.